The van der Waals surface area contributed by atoms with Gasteiger partial charge in [0, 0.05) is 26.2 Å². The summed E-state index contributed by atoms with van der Waals surface area (Å²) in [6.07, 6.45) is 4.11. The minimum Gasteiger partial charge on any atom is -0.275 e. The van der Waals surface area contributed by atoms with Gasteiger partial charge >= 0.3 is 13.0 Å². The van der Waals surface area contributed by atoms with E-state index >= 15 is 0 Å². The zero-order valence-electron chi connectivity index (χ0n) is 14.5. The van der Waals surface area contributed by atoms with Crippen molar-refractivity contribution in [2.24, 2.45) is 0 Å². The van der Waals surface area contributed by atoms with Gasteiger partial charge in [-0.05, 0) is 13.8 Å². The molecule has 0 saturated carbocycles. The summed E-state index contributed by atoms with van der Waals surface area (Å²) in [4.78, 5) is 0. The molecular weight excluding hydrogens is 283 g/mol. The Morgan fingerprint density at radius 3 is 1.81 bits per heavy atom. The van der Waals surface area contributed by atoms with E-state index in [0.29, 0.717) is 0 Å². The van der Waals surface area contributed by atoms with E-state index in [1.807, 2.05) is 0 Å². The maximum Gasteiger partial charge on any atom is 0.345 e. The van der Waals surface area contributed by atoms with Gasteiger partial charge < -0.3 is 0 Å². The predicted octanol–water partition coefficient (Wildman–Crippen LogP) is 2.32. The molecule has 122 valence electrons. The lowest BCUT2D eigenvalue weighted by molar-refractivity contribution is -0.675. The summed E-state index contributed by atoms with van der Waals surface area (Å²) in [5, 5.41) is 0. The summed E-state index contributed by atoms with van der Waals surface area (Å²) in [6, 6.07) is 0. The summed E-state index contributed by atoms with van der Waals surface area (Å²) in [5.74, 6) is 0. The quantitative estimate of drug-likeness (QED) is 0.518. The highest BCUT2D eigenvalue weighted by Crippen LogP contribution is 2.50. The largest absolute Gasteiger partial charge is 0.345 e. The SMILES string of the molecule is CCN(CC)P(=O)(c1n(CC)cc[n+]1CC)N(CC)CC. The topological polar surface area (TPSA) is 32.4 Å². The Morgan fingerprint density at radius 1 is 1.00 bits per heavy atom. The zero-order chi connectivity index (χ0) is 16.0. The lowest BCUT2D eigenvalue weighted by atomic mass is 10.7. The minimum absolute atomic E-state index is 0.795. The second kappa shape index (κ2) is 8.11. The zero-order valence-corrected chi connectivity index (χ0v) is 15.4. The standard InChI is InChI=1S/C15H32N4OP/c1-7-16-13-14-17(8-2)15(16)21(20,18(9-3)10-4)19(11-5)12-6/h13-14H,7-12H2,1-6H3/q+1. The third-order valence-corrected chi connectivity index (χ3v) is 7.81. The Kier molecular flexibility index (Phi) is 7.11. The normalized spacial score (nSPS) is 12.6. The van der Waals surface area contributed by atoms with Crippen LogP contribution in [0.3, 0.4) is 0 Å². The van der Waals surface area contributed by atoms with Crippen LogP contribution < -0.4 is 10.1 Å². The summed E-state index contributed by atoms with van der Waals surface area (Å²) >= 11 is 0. The maximum atomic E-state index is 14.2. The first-order chi connectivity index (χ1) is 10.0. The van der Waals surface area contributed by atoms with Crippen molar-refractivity contribution in [3.63, 3.8) is 0 Å². The second-order valence-corrected chi connectivity index (χ2v) is 7.61. The summed E-state index contributed by atoms with van der Waals surface area (Å²) in [7, 11) is -2.76. The first kappa shape index (κ1) is 18.4. The molecule has 0 fully saturated rings. The van der Waals surface area contributed by atoms with Crippen molar-refractivity contribution in [3.8, 4) is 0 Å². The Morgan fingerprint density at radius 2 is 1.48 bits per heavy atom. The molecule has 0 aliphatic heterocycles. The van der Waals surface area contributed by atoms with Crippen LogP contribution in [0.4, 0.5) is 0 Å². The van der Waals surface area contributed by atoms with Crippen molar-refractivity contribution in [2.75, 3.05) is 26.2 Å². The lowest BCUT2D eigenvalue weighted by Crippen LogP contribution is -2.54. The van der Waals surface area contributed by atoms with Crippen LogP contribution >= 0.6 is 7.44 Å². The van der Waals surface area contributed by atoms with Crippen molar-refractivity contribution in [2.45, 2.75) is 54.6 Å². The fraction of sp³-hybridized carbons (Fsp3) is 0.800. The summed E-state index contributed by atoms with van der Waals surface area (Å²) in [6.45, 7) is 17.5. The molecule has 0 radical (unpaired) electrons. The molecule has 1 rings (SSSR count). The van der Waals surface area contributed by atoms with Gasteiger partial charge in [-0.15, -0.1) is 0 Å². The molecule has 0 unspecified atom stereocenters. The van der Waals surface area contributed by atoms with Crippen LogP contribution in [0.1, 0.15) is 41.5 Å². The van der Waals surface area contributed by atoms with Crippen LogP contribution in [0.25, 0.3) is 0 Å². The van der Waals surface area contributed by atoms with E-state index < -0.39 is 7.44 Å². The molecule has 1 aromatic heterocycles. The molecule has 5 nitrogen and oxygen atoms in total. The Balaban J connectivity index is 3.57. The van der Waals surface area contributed by atoms with Crippen molar-refractivity contribution in [1.29, 1.82) is 0 Å². The van der Waals surface area contributed by atoms with Gasteiger partial charge in [-0.2, -0.15) is 0 Å². The fourth-order valence-corrected chi connectivity index (χ4v) is 6.42. The number of hydrogen-bond donors (Lipinski definition) is 0. The van der Waals surface area contributed by atoms with Gasteiger partial charge in [0.1, 0.15) is 12.4 Å². The van der Waals surface area contributed by atoms with Crippen LogP contribution in [-0.4, -0.2) is 40.1 Å². The van der Waals surface area contributed by atoms with Gasteiger partial charge in [-0.1, -0.05) is 27.7 Å². The van der Waals surface area contributed by atoms with E-state index in [-0.39, 0.29) is 0 Å². The average Bonchev–Trinajstić information content (AvgIpc) is 2.93. The molecule has 0 bridgehead atoms. The van der Waals surface area contributed by atoms with Gasteiger partial charge in [0.25, 0.3) is 0 Å². The van der Waals surface area contributed by atoms with E-state index in [1.165, 1.54) is 0 Å². The average molecular weight is 315 g/mol. The smallest absolute Gasteiger partial charge is 0.275 e. The number of aromatic nitrogens is 2. The molecule has 0 saturated heterocycles. The predicted molar refractivity (Wildman–Crippen MR) is 89.1 cm³/mol. The van der Waals surface area contributed by atoms with Gasteiger partial charge in [0.15, 0.2) is 0 Å². The lowest BCUT2D eigenvalue weighted by Gasteiger charge is -2.35. The van der Waals surface area contributed by atoms with Gasteiger partial charge in [0.2, 0.25) is 0 Å². The monoisotopic (exact) mass is 315 g/mol. The molecular formula is C15H32N4OP+. The maximum absolute atomic E-state index is 14.2. The molecule has 1 aromatic rings. The van der Waals surface area contributed by atoms with Gasteiger partial charge in [0.05, 0.1) is 13.1 Å². The minimum atomic E-state index is -2.76. The molecule has 21 heavy (non-hydrogen) atoms. The van der Waals surface area contributed by atoms with E-state index in [4.69, 9.17) is 0 Å². The molecule has 1 heterocycles. The number of nitrogens with zero attached hydrogens (tertiary/aromatic N) is 4. The fourth-order valence-electron chi connectivity index (χ4n) is 2.93. The first-order valence-electron chi connectivity index (χ1n) is 8.24. The van der Waals surface area contributed by atoms with E-state index in [0.717, 1.165) is 44.8 Å². The van der Waals surface area contributed by atoms with Crippen molar-refractivity contribution >= 4 is 13.0 Å². The first-order valence-corrected chi connectivity index (χ1v) is 9.86. The molecule has 0 aromatic carbocycles. The van der Waals surface area contributed by atoms with E-state index in [1.54, 1.807) is 0 Å². The van der Waals surface area contributed by atoms with Crippen LogP contribution in [0, 0.1) is 0 Å². The van der Waals surface area contributed by atoms with Crippen molar-refractivity contribution in [1.82, 2.24) is 13.9 Å². The Bertz CT molecular complexity index is 441. The van der Waals surface area contributed by atoms with Crippen LogP contribution in [0.5, 0.6) is 0 Å². The Labute approximate surface area is 130 Å². The van der Waals surface area contributed by atoms with Crippen LogP contribution in [-0.2, 0) is 17.7 Å². The van der Waals surface area contributed by atoms with Gasteiger partial charge in [-0.3, -0.25) is 4.57 Å². The molecule has 0 aliphatic rings. The van der Waals surface area contributed by atoms with Gasteiger partial charge in [-0.25, -0.2) is 18.5 Å². The number of aryl methyl sites for hydroxylation is 2. The van der Waals surface area contributed by atoms with E-state index in [2.05, 4.69) is 72.4 Å². The molecule has 0 spiro atoms. The molecule has 0 atom stereocenters. The highest BCUT2D eigenvalue weighted by Gasteiger charge is 2.45. The molecule has 0 aliphatic carbocycles. The molecule has 0 N–H and O–H groups in total. The number of imidazole rings is 1. The highest BCUT2D eigenvalue weighted by atomic mass is 31.2. The van der Waals surface area contributed by atoms with Crippen LogP contribution in [0.2, 0.25) is 0 Å². The summed E-state index contributed by atoms with van der Waals surface area (Å²) in [5.41, 5.74) is 0.958. The van der Waals surface area contributed by atoms with Crippen LogP contribution in [0.15, 0.2) is 12.4 Å². The highest BCUT2D eigenvalue weighted by molar-refractivity contribution is 7.66. The van der Waals surface area contributed by atoms with Crippen molar-refractivity contribution in [3.05, 3.63) is 12.4 Å². The third kappa shape index (κ3) is 3.25. The second-order valence-electron chi connectivity index (χ2n) is 4.99. The number of rotatable bonds is 9. The van der Waals surface area contributed by atoms with Crippen molar-refractivity contribution < 1.29 is 9.13 Å². The third-order valence-electron chi connectivity index (χ3n) is 4.11. The molecule has 6 heteroatoms. The van der Waals surface area contributed by atoms with E-state index in [9.17, 15) is 4.57 Å². The summed E-state index contributed by atoms with van der Waals surface area (Å²) < 4.78 is 22.7. The Hall–Kier alpha value is -0.640. The molecule has 0 amide bonds. The number of hydrogen-bond acceptors (Lipinski definition) is 1.